The van der Waals surface area contributed by atoms with Gasteiger partial charge in [-0.3, -0.25) is 4.55 Å². The van der Waals surface area contributed by atoms with Gasteiger partial charge in [-0.25, -0.2) is 0 Å². The van der Waals surface area contributed by atoms with Crippen molar-refractivity contribution >= 4 is 10.1 Å². The summed E-state index contributed by atoms with van der Waals surface area (Å²) in [5.74, 6) is 0.648. The van der Waals surface area contributed by atoms with Gasteiger partial charge in [-0.2, -0.15) is 8.42 Å². The van der Waals surface area contributed by atoms with E-state index < -0.39 is 10.1 Å². The van der Waals surface area contributed by atoms with Crippen molar-refractivity contribution in [2.75, 3.05) is 6.61 Å². The van der Waals surface area contributed by atoms with E-state index in [4.69, 9.17) is 9.66 Å². The van der Waals surface area contributed by atoms with Crippen molar-refractivity contribution in [3.8, 4) is 0 Å². The van der Waals surface area contributed by atoms with E-state index in [0.29, 0.717) is 12.5 Å². The third-order valence-corrected chi connectivity index (χ3v) is 2.89. The van der Waals surface area contributed by atoms with E-state index >= 15 is 0 Å². The van der Waals surface area contributed by atoms with E-state index in [1.807, 2.05) is 6.92 Å². The Morgan fingerprint density at radius 3 is 1.88 bits per heavy atom. The van der Waals surface area contributed by atoms with Crippen LogP contribution in [0.3, 0.4) is 0 Å². The quantitative estimate of drug-likeness (QED) is 0.817. The Morgan fingerprint density at radius 1 is 1.18 bits per heavy atom. The summed E-state index contributed by atoms with van der Waals surface area (Å²) in [6, 6.07) is 5.99. The van der Waals surface area contributed by atoms with Crippen LogP contribution in [0.2, 0.25) is 0 Å². The van der Waals surface area contributed by atoms with Gasteiger partial charge < -0.3 is 5.11 Å². The molecule has 0 spiro atoms. The molecule has 17 heavy (non-hydrogen) atoms. The van der Waals surface area contributed by atoms with Crippen LogP contribution in [0.5, 0.6) is 0 Å². The molecule has 1 rings (SSSR count). The minimum Gasteiger partial charge on any atom is -0.396 e. The molecular weight excluding hydrogens is 240 g/mol. The molecule has 0 radical (unpaired) electrons. The molecule has 2 N–H and O–H groups in total. The minimum atomic E-state index is -4.02. The summed E-state index contributed by atoms with van der Waals surface area (Å²) in [6.07, 6.45) is 0.931. The van der Waals surface area contributed by atoms with Gasteiger partial charge in [0.2, 0.25) is 0 Å². The molecule has 0 bridgehead atoms. The Labute approximate surface area is 103 Å². The molecule has 4 nitrogen and oxygen atoms in total. The highest BCUT2D eigenvalue weighted by molar-refractivity contribution is 7.85. The number of aliphatic hydroxyl groups is 1. The Hall–Kier alpha value is -0.910. The van der Waals surface area contributed by atoms with E-state index in [2.05, 4.69) is 13.8 Å². The Kier molecular flexibility index (Phi) is 7.03. The topological polar surface area (TPSA) is 74.6 Å². The summed E-state index contributed by atoms with van der Waals surface area (Å²) in [4.78, 5) is -0.0666. The molecule has 0 aromatic heterocycles. The lowest BCUT2D eigenvalue weighted by Crippen LogP contribution is -1.96. The zero-order chi connectivity index (χ0) is 13.5. The van der Waals surface area contributed by atoms with Gasteiger partial charge in [0.25, 0.3) is 10.1 Å². The number of hydrogen-bond donors (Lipinski definition) is 2. The second-order valence-electron chi connectivity index (χ2n) is 4.19. The molecule has 1 aromatic rings. The fourth-order valence-corrected chi connectivity index (χ4v) is 1.45. The first-order valence-corrected chi connectivity index (χ1v) is 6.86. The van der Waals surface area contributed by atoms with E-state index in [0.717, 1.165) is 12.0 Å². The van der Waals surface area contributed by atoms with E-state index in [-0.39, 0.29) is 4.90 Å². The van der Waals surface area contributed by atoms with Crippen LogP contribution in [0.4, 0.5) is 0 Å². The summed E-state index contributed by atoms with van der Waals surface area (Å²) in [6.45, 7) is 6.36. The van der Waals surface area contributed by atoms with Gasteiger partial charge in [-0.1, -0.05) is 31.5 Å². The normalized spacial score (nSPS) is 10.9. The van der Waals surface area contributed by atoms with Crippen molar-refractivity contribution in [2.45, 2.75) is 32.1 Å². The second kappa shape index (κ2) is 7.42. The summed E-state index contributed by atoms with van der Waals surface area (Å²) in [7, 11) is -4.02. The molecular formula is C12H20O4S. The van der Waals surface area contributed by atoms with Crippen LogP contribution < -0.4 is 0 Å². The maximum atomic E-state index is 10.5. The summed E-state index contributed by atoms with van der Waals surface area (Å²) in [5, 5.41) is 8.24. The van der Waals surface area contributed by atoms with E-state index in [9.17, 15) is 8.42 Å². The number of rotatable bonds is 3. The van der Waals surface area contributed by atoms with Crippen LogP contribution in [0, 0.1) is 12.8 Å². The van der Waals surface area contributed by atoms with Gasteiger partial charge in [0.05, 0.1) is 4.90 Å². The first-order chi connectivity index (χ1) is 7.77. The summed E-state index contributed by atoms with van der Waals surface area (Å²) < 4.78 is 29.6. The van der Waals surface area contributed by atoms with Crippen molar-refractivity contribution in [2.24, 2.45) is 5.92 Å². The lowest BCUT2D eigenvalue weighted by molar-refractivity contribution is 0.268. The van der Waals surface area contributed by atoms with Crippen LogP contribution in [-0.4, -0.2) is 24.7 Å². The van der Waals surface area contributed by atoms with Gasteiger partial charge in [0, 0.05) is 6.61 Å². The molecule has 0 aliphatic heterocycles. The fraction of sp³-hybridized carbons (Fsp3) is 0.500. The average molecular weight is 260 g/mol. The van der Waals surface area contributed by atoms with Crippen LogP contribution in [0.25, 0.3) is 0 Å². The molecule has 0 saturated heterocycles. The van der Waals surface area contributed by atoms with Gasteiger partial charge >= 0.3 is 0 Å². The summed E-state index contributed by atoms with van der Waals surface area (Å²) in [5.41, 5.74) is 0.956. The molecule has 0 unspecified atom stereocenters. The first-order valence-electron chi connectivity index (χ1n) is 5.42. The van der Waals surface area contributed by atoms with E-state index in [1.165, 1.54) is 12.1 Å². The molecule has 0 aliphatic carbocycles. The molecule has 0 amide bonds. The zero-order valence-corrected chi connectivity index (χ0v) is 11.2. The maximum absolute atomic E-state index is 10.5. The van der Waals surface area contributed by atoms with Crippen molar-refractivity contribution < 1.29 is 18.1 Å². The molecule has 1 aromatic carbocycles. The number of aryl methyl sites for hydroxylation is 1. The fourth-order valence-electron chi connectivity index (χ4n) is 0.968. The predicted molar refractivity (Wildman–Crippen MR) is 67.5 cm³/mol. The number of aliphatic hydroxyl groups excluding tert-OH is 1. The van der Waals surface area contributed by atoms with Crippen LogP contribution >= 0.6 is 0 Å². The highest BCUT2D eigenvalue weighted by Gasteiger charge is 2.06. The molecule has 0 fully saturated rings. The van der Waals surface area contributed by atoms with Gasteiger partial charge in [-0.05, 0) is 31.4 Å². The Bertz CT molecular complexity index is 407. The first kappa shape index (κ1) is 16.1. The molecule has 0 aliphatic rings. The van der Waals surface area contributed by atoms with Gasteiger partial charge in [0.15, 0.2) is 0 Å². The standard InChI is InChI=1S/C7H8O3S.C5H12O/c1-6-2-4-7(5-3-6)11(8,9)10;1-5(2)3-4-6/h2-5H,1H3,(H,8,9,10);5-6H,3-4H2,1-2H3. The largest absolute Gasteiger partial charge is 0.396 e. The lowest BCUT2D eigenvalue weighted by atomic mass is 10.2. The van der Waals surface area contributed by atoms with Crippen molar-refractivity contribution in [3.05, 3.63) is 29.8 Å². The van der Waals surface area contributed by atoms with Crippen molar-refractivity contribution in [1.29, 1.82) is 0 Å². The molecule has 0 saturated carbocycles. The third kappa shape index (κ3) is 7.90. The molecule has 5 heteroatoms. The van der Waals surface area contributed by atoms with Crippen LogP contribution in [0.15, 0.2) is 29.2 Å². The van der Waals surface area contributed by atoms with Crippen LogP contribution in [-0.2, 0) is 10.1 Å². The average Bonchev–Trinajstić information content (AvgIpc) is 2.17. The smallest absolute Gasteiger partial charge is 0.294 e. The van der Waals surface area contributed by atoms with Crippen molar-refractivity contribution in [3.63, 3.8) is 0 Å². The Balaban J connectivity index is 0.000000366. The molecule has 0 atom stereocenters. The highest BCUT2D eigenvalue weighted by Crippen LogP contribution is 2.08. The monoisotopic (exact) mass is 260 g/mol. The van der Waals surface area contributed by atoms with E-state index in [1.54, 1.807) is 12.1 Å². The SMILES string of the molecule is CC(C)CCO.Cc1ccc(S(=O)(=O)O)cc1. The third-order valence-electron chi connectivity index (χ3n) is 2.03. The number of benzene rings is 1. The Morgan fingerprint density at radius 2 is 1.65 bits per heavy atom. The van der Waals surface area contributed by atoms with Crippen LogP contribution in [0.1, 0.15) is 25.8 Å². The number of hydrogen-bond acceptors (Lipinski definition) is 3. The predicted octanol–water partition coefficient (Wildman–Crippen LogP) is 2.27. The second-order valence-corrected chi connectivity index (χ2v) is 5.62. The van der Waals surface area contributed by atoms with Gasteiger partial charge in [-0.15, -0.1) is 0 Å². The molecule has 0 heterocycles. The maximum Gasteiger partial charge on any atom is 0.294 e. The van der Waals surface area contributed by atoms with Crippen molar-refractivity contribution in [1.82, 2.24) is 0 Å². The lowest BCUT2D eigenvalue weighted by Gasteiger charge is -1.95. The zero-order valence-electron chi connectivity index (χ0n) is 10.4. The molecule has 98 valence electrons. The summed E-state index contributed by atoms with van der Waals surface area (Å²) >= 11 is 0. The van der Waals surface area contributed by atoms with Gasteiger partial charge in [0.1, 0.15) is 0 Å². The highest BCUT2D eigenvalue weighted by atomic mass is 32.2. The minimum absolute atomic E-state index is 0.0666.